The van der Waals surface area contributed by atoms with Crippen LogP contribution in [-0.2, 0) is 13.0 Å². The molecule has 0 aliphatic heterocycles. The van der Waals surface area contributed by atoms with Crippen molar-refractivity contribution in [3.05, 3.63) is 59.4 Å². The Labute approximate surface area is 170 Å². The molecule has 0 fully saturated rings. The van der Waals surface area contributed by atoms with Crippen molar-refractivity contribution in [2.45, 2.75) is 19.9 Å². The fourth-order valence-corrected chi connectivity index (χ4v) is 2.34. The van der Waals surface area contributed by atoms with Gasteiger partial charge in [0.05, 0.1) is 13.7 Å². The van der Waals surface area contributed by atoms with E-state index < -0.39 is 0 Å². The lowest BCUT2D eigenvalue weighted by Crippen LogP contribution is -2.38. The zero-order valence-corrected chi connectivity index (χ0v) is 17.3. The van der Waals surface area contributed by atoms with Gasteiger partial charge in [-0.25, -0.2) is 9.38 Å². The lowest BCUT2D eigenvalue weighted by molar-refractivity contribution is 0.411. The first-order valence-corrected chi connectivity index (χ1v) is 8.25. The second-order valence-electron chi connectivity index (χ2n) is 5.46. The quantitative estimate of drug-likeness (QED) is 0.328. The standard InChI is InChI=1S/C19H24FN3O2.HI/c1-3-21-19(22-11-10-14-6-4-5-7-17(14)20)23-13-15-12-16(25-2)8-9-18(15)24;/h4-9,12,24H,3,10-11,13H2,1-2H3,(H2,21,22,23);1H. The van der Waals surface area contributed by atoms with Crippen LogP contribution in [0.15, 0.2) is 47.5 Å². The zero-order valence-electron chi connectivity index (χ0n) is 15.0. The molecular weight excluding hydrogens is 448 g/mol. The van der Waals surface area contributed by atoms with Gasteiger partial charge in [-0.15, -0.1) is 24.0 Å². The molecule has 0 saturated carbocycles. The highest BCUT2D eigenvalue weighted by molar-refractivity contribution is 14.0. The van der Waals surface area contributed by atoms with Crippen molar-refractivity contribution < 1.29 is 14.2 Å². The van der Waals surface area contributed by atoms with Crippen LogP contribution in [0, 0.1) is 5.82 Å². The predicted octanol–water partition coefficient (Wildman–Crippen LogP) is 3.46. The Kier molecular flexibility index (Phi) is 9.79. The first-order valence-electron chi connectivity index (χ1n) is 8.25. The number of aliphatic imine (C=N–C) groups is 1. The monoisotopic (exact) mass is 473 g/mol. The number of hydrogen-bond donors (Lipinski definition) is 3. The summed E-state index contributed by atoms with van der Waals surface area (Å²) in [6.07, 6.45) is 0.557. The number of nitrogens with one attached hydrogen (secondary N) is 2. The van der Waals surface area contributed by atoms with E-state index in [1.165, 1.54) is 6.07 Å². The molecule has 2 aromatic rings. The fraction of sp³-hybridized carbons (Fsp3) is 0.316. The van der Waals surface area contributed by atoms with Crippen molar-refractivity contribution in [2.24, 2.45) is 4.99 Å². The predicted molar refractivity (Wildman–Crippen MR) is 113 cm³/mol. The first kappa shape index (κ1) is 22.0. The number of guanidine groups is 1. The largest absolute Gasteiger partial charge is 0.508 e. The molecule has 0 aromatic heterocycles. The second kappa shape index (κ2) is 11.6. The maximum atomic E-state index is 13.6. The normalized spacial score (nSPS) is 10.8. The van der Waals surface area contributed by atoms with E-state index in [9.17, 15) is 9.50 Å². The Morgan fingerprint density at radius 1 is 1.15 bits per heavy atom. The van der Waals surface area contributed by atoms with Crippen LogP contribution in [0.4, 0.5) is 4.39 Å². The van der Waals surface area contributed by atoms with Crippen molar-refractivity contribution in [3.8, 4) is 11.5 Å². The van der Waals surface area contributed by atoms with E-state index in [2.05, 4.69) is 15.6 Å². The highest BCUT2D eigenvalue weighted by Gasteiger charge is 2.05. The summed E-state index contributed by atoms with van der Waals surface area (Å²) in [5, 5.41) is 16.2. The molecule has 3 N–H and O–H groups in total. The van der Waals surface area contributed by atoms with Gasteiger partial charge in [0, 0.05) is 18.7 Å². The molecule has 7 heteroatoms. The van der Waals surface area contributed by atoms with Gasteiger partial charge in [0.1, 0.15) is 17.3 Å². The molecule has 26 heavy (non-hydrogen) atoms. The number of nitrogens with zero attached hydrogens (tertiary/aromatic N) is 1. The molecule has 0 aliphatic rings. The minimum absolute atomic E-state index is 0. The van der Waals surface area contributed by atoms with Crippen LogP contribution < -0.4 is 15.4 Å². The Morgan fingerprint density at radius 2 is 1.92 bits per heavy atom. The molecule has 0 amide bonds. The lowest BCUT2D eigenvalue weighted by Gasteiger charge is -2.12. The van der Waals surface area contributed by atoms with Crippen LogP contribution in [0.1, 0.15) is 18.1 Å². The highest BCUT2D eigenvalue weighted by atomic mass is 127. The highest BCUT2D eigenvalue weighted by Crippen LogP contribution is 2.23. The Balaban J connectivity index is 0.00000338. The van der Waals surface area contributed by atoms with Gasteiger partial charge in [-0.3, -0.25) is 0 Å². The summed E-state index contributed by atoms with van der Waals surface area (Å²) in [6.45, 7) is 3.53. The maximum absolute atomic E-state index is 13.6. The molecule has 0 atom stereocenters. The van der Waals surface area contributed by atoms with E-state index in [0.717, 1.165) is 0 Å². The SMILES string of the molecule is CCNC(=NCc1cc(OC)ccc1O)NCCc1ccccc1F.I. The summed E-state index contributed by atoms with van der Waals surface area (Å²) in [5.41, 5.74) is 1.34. The summed E-state index contributed by atoms with van der Waals surface area (Å²) in [5.74, 6) is 1.25. The molecule has 0 radical (unpaired) electrons. The van der Waals surface area contributed by atoms with Gasteiger partial charge < -0.3 is 20.5 Å². The van der Waals surface area contributed by atoms with E-state index in [1.807, 2.05) is 13.0 Å². The van der Waals surface area contributed by atoms with E-state index in [0.29, 0.717) is 48.9 Å². The Morgan fingerprint density at radius 3 is 2.62 bits per heavy atom. The van der Waals surface area contributed by atoms with Crippen LogP contribution in [0.2, 0.25) is 0 Å². The van der Waals surface area contributed by atoms with Crippen LogP contribution >= 0.6 is 24.0 Å². The van der Waals surface area contributed by atoms with Gasteiger partial charge in [-0.2, -0.15) is 0 Å². The van der Waals surface area contributed by atoms with Gasteiger partial charge in [0.15, 0.2) is 5.96 Å². The van der Waals surface area contributed by atoms with Crippen molar-refractivity contribution in [2.75, 3.05) is 20.2 Å². The first-order chi connectivity index (χ1) is 12.1. The number of ether oxygens (including phenoxy) is 1. The zero-order chi connectivity index (χ0) is 18.1. The number of rotatable bonds is 7. The van der Waals surface area contributed by atoms with Gasteiger partial charge >= 0.3 is 0 Å². The average Bonchev–Trinajstić information content (AvgIpc) is 2.62. The van der Waals surface area contributed by atoms with Crippen molar-refractivity contribution in [1.82, 2.24) is 10.6 Å². The smallest absolute Gasteiger partial charge is 0.191 e. The van der Waals surface area contributed by atoms with Gasteiger partial charge in [-0.1, -0.05) is 18.2 Å². The number of aromatic hydroxyl groups is 1. The molecule has 2 rings (SSSR count). The summed E-state index contributed by atoms with van der Waals surface area (Å²) in [7, 11) is 1.58. The molecule has 0 saturated heterocycles. The van der Waals surface area contributed by atoms with E-state index in [1.54, 1.807) is 37.4 Å². The summed E-state index contributed by atoms with van der Waals surface area (Å²) in [4.78, 5) is 4.46. The topological polar surface area (TPSA) is 65.9 Å². The van der Waals surface area contributed by atoms with Gasteiger partial charge in [-0.05, 0) is 43.2 Å². The second-order valence-corrected chi connectivity index (χ2v) is 5.46. The molecule has 0 bridgehead atoms. The molecule has 0 heterocycles. The maximum Gasteiger partial charge on any atom is 0.191 e. The molecule has 0 aliphatic carbocycles. The average molecular weight is 473 g/mol. The van der Waals surface area contributed by atoms with Gasteiger partial charge in [0.2, 0.25) is 0 Å². The number of phenolic OH excluding ortho intramolecular Hbond substituents is 1. The molecule has 142 valence electrons. The third-order valence-corrected chi connectivity index (χ3v) is 3.68. The third-order valence-electron chi connectivity index (χ3n) is 3.68. The number of halogens is 2. The van der Waals surface area contributed by atoms with Crippen molar-refractivity contribution in [1.29, 1.82) is 0 Å². The van der Waals surface area contributed by atoms with Gasteiger partial charge in [0.25, 0.3) is 0 Å². The van der Waals surface area contributed by atoms with Crippen molar-refractivity contribution >= 4 is 29.9 Å². The number of benzene rings is 2. The minimum Gasteiger partial charge on any atom is -0.508 e. The Hall–Kier alpha value is -2.03. The molecule has 2 aromatic carbocycles. The summed E-state index contributed by atoms with van der Waals surface area (Å²) in [6, 6.07) is 11.8. The number of methoxy groups -OCH3 is 1. The number of hydrogen-bond acceptors (Lipinski definition) is 3. The molecule has 5 nitrogen and oxygen atoms in total. The van der Waals surface area contributed by atoms with Crippen LogP contribution in [-0.4, -0.2) is 31.3 Å². The molecule has 0 spiro atoms. The summed E-state index contributed by atoms with van der Waals surface area (Å²) >= 11 is 0. The van der Waals surface area contributed by atoms with Crippen molar-refractivity contribution in [3.63, 3.8) is 0 Å². The lowest BCUT2D eigenvalue weighted by atomic mass is 10.1. The van der Waals surface area contributed by atoms with E-state index in [4.69, 9.17) is 4.74 Å². The molecular formula is C19H25FIN3O2. The van der Waals surface area contributed by atoms with E-state index in [-0.39, 0.29) is 35.5 Å². The Bertz CT molecular complexity index is 726. The fourth-order valence-electron chi connectivity index (χ4n) is 2.34. The minimum atomic E-state index is -0.201. The molecule has 0 unspecified atom stereocenters. The summed E-state index contributed by atoms with van der Waals surface area (Å²) < 4.78 is 18.8. The third kappa shape index (κ3) is 6.70. The van der Waals surface area contributed by atoms with Crippen LogP contribution in [0.25, 0.3) is 0 Å². The van der Waals surface area contributed by atoms with Crippen LogP contribution in [0.3, 0.4) is 0 Å². The van der Waals surface area contributed by atoms with E-state index >= 15 is 0 Å². The van der Waals surface area contributed by atoms with Crippen LogP contribution in [0.5, 0.6) is 11.5 Å². The number of phenols is 1.